The van der Waals surface area contributed by atoms with Gasteiger partial charge in [-0.15, -0.1) is 0 Å². The molecule has 5 heteroatoms. The summed E-state index contributed by atoms with van der Waals surface area (Å²) in [5.74, 6) is -0.594. The van der Waals surface area contributed by atoms with Crippen molar-refractivity contribution >= 4 is 5.97 Å². The number of aromatic carboxylic acids is 1. The van der Waals surface area contributed by atoms with Crippen LogP contribution >= 0.6 is 0 Å². The lowest BCUT2D eigenvalue weighted by Crippen LogP contribution is -2.05. The standard InChI is InChI=1S/C13H12N2O3/c1-8-3-4-10(9(2)7-8)18-12-11(13(16)17)14-5-6-15-12/h3-7H,1-2H3,(H,16,17). The molecule has 0 aliphatic heterocycles. The van der Waals surface area contributed by atoms with E-state index in [0.29, 0.717) is 5.75 Å². The Labute approximate surface area is 104 Å². The molecule has 0 bridgehead atoms. The predicted octanol–water partition coefficient (Wildman–Crippen LogP) is 2.58. The molecule has 0 unspecified atom stereocenters. The van der Waals surface area contributed by atoms with Crippen LogP contribution in [-0.2, 0) is 0 Å². The van der Waals surface area contributed by atoms with E-state index in [0.717, 1.165) is 11.1 Å². The average Bonchev–Trinajstić information content (AvgIpc) is 2.33. The zero-order valence-corrected chi connectivity index (χ0v) is 10.0. The summed E-state index contributed by atoms with van der Waals surface area (Å²) in [6, 6.07) is 5.62. The van der Waals surface area contributed by atoms with Gasteiger partial charge in [0.25, 0.3) is 5.88 Å². The maximum absolute atomic E-state index is 11.0. The third-order valence-electron chi connectivity index (χ3n) is 2.40. The number of ether oxygens (including phenoxy) is 1. The highest BCUT2D eigenvalue weighted by atomic mass is 16.5. The van der Waals surface area contributed by atoms with Crippen molar-refractivity contribution in [1.29, 1.82) is 0 Å². The van der Waals surface area contributed by atoms with Gasteiger partial charge in [0.2, 0.25) is 5.69 Å². The first kappa shape index (κ1) is 12.0. The fraction of sp³-hybridized carbons (Fsp3) is 0.154. The molecule has 0 aliphatic carbocycles. The van der Waals surface area contributed by atoms with Crippen LogP contribution in [0.1, 0.15) is 21.6 Å². The van der Waals surface area contributed by atoms with Crippen LogP contribution in [0.25, 0.3) is 0 Å². The van der Waals surface area contributed by atoms with Gasteiger partial charge in [-0.25, -0.2) is 14.8 Å². The summed E-state index contributed by atoms with van der Waals surface area (Å²) >= 11 is 0. The topological polar surface area (TPSA) is 72.3 Å². The minimum absolute atomic E-state index is 0.00282. The Bertz CT molecular complexity index is 597. The maximum atomic E-state index is 11.0. The van der Waals surface area contributed by atoms with E-state index in [4.69, 9.17) is 9.84 Å². The number of carboxylic acid groups (broad SMARTS) is 1. The Kier molecular flexibility index (Phi) is 3.23. The molecule has 2 aromatic rings. The van der Waals surface area contributed by atoms with Crippen molar-refractivity contribution in [2.75, 3.05) is 0 Å². The molecule has 0 aliphatic rings. The van der Waals surface area contributed by atoms with Crippen LogP contribution in [0.3, 0.4) is 0 Å². The van der Waals surface area contributed by atoms with Crippen molar-refractivity contribution in [3.05, 3.63) is 47.4 Å². The van der Waals surface area contributed by atoms with Crippen LogP contribution < -0.4 is 4.74 Å². The van der Waals surface area contributed by atoms with E-state index in [9.17, 15) is 4.79 Å². The molecule has 0 radical (unpaired) electrons. The van der Waals surface area contributed by atoms with E-state index in [1.54, 1.807) is 6.07 Å². The molecule has 0 fully saturated rings. The molecule has 0 spiro atoms. The molecule has 1 aromatic heterocycles. The summed E-state index contributed by atoms with van der Waals surface area (Å²) in [6.07, 6.45) is 2.71. The molecule has 1 aromatic carbocycles. The monoisotopic (exact) mass is 244 g/mol. The van der Waals surface area contributed by atoms with Gasteiger partial charge in [0.05, 0.1) is 0 Å². The molecular weight excluding hydrogens is 232 g/mol. The lowest BCUT2D eigenvalue weighted by Gasteiger charge is -2.09. The quantitative estimate of drug-likeness (QED) is 0.898. The summed E-state index contributed by atoms with van der Waals surface area (Å²) in [6.45, 7) is 3.86. The van der Waals surface area contributed by atoms with Crippen molar-refractivity contribution in [1.82, 2.24) is 9.97 Å². The Balaban J connectivity index is 2.37. The summed E-state index contributed by atoms with van der Waals surface area (Å²) in [5, 5.41) is 8.97. The number of benzene rings is 1. The lowest BCUT2D eigenvalue weighted by atomic mass is 10.1. The Morgan fingerprint density at radius 2 is 1.94 bits per heavy atom. The number of aromatic nitrogens is 2. The SMILES string of the molecule is Cc1ccc(Oc2nccnc2C(=O)O)c(C)c1. The number of rotatable bonds is 3. The molecule has 0 atom stereocenters. The second-order valence-electron chi connectivity index (χ2n) is 3.89. The summed E-state index contributed by atoms with van der Waals surface area (Å²) in [4.78, 5) is 18.6. The number of hydrogen-bond donors (Lipinski definition) is 1. The van der Waals surface area contributed by atoms with Crippen LogP contribution in [0.15, 0.2) is 30.6 Å². The first-order valence-corrected chi connectivity index (χ1v) is 5.37. The molecule has 0 saturated heterocycles. The molecule has 2 rings (SSSR count). The van der Waals surface area contributed by atoms with Crippen LogP contribution in [0.5, 0.6) is 11.6 Å². The first-order chi connectivity index (χ1) is 8.58. The van der Waals surface area contributed by atoms with Gasteiger partial charge in [0.1, 0.15) is 5.75 Å². The second kappa shape index (κ2) is 4.83. The van der Waals surface area contributed by atoms with Gasteiger partial charge in [-0.05, 0) is 25.5 Å². The van der Waals surface area contributed by atoms with Crippen LogP contribution in [-0.4, -0.2) is 21.0 Å². The van der Waals surface area contributed by atoms with E-state index < -0.39 is 5.97 Å². The Morgan fingerprint density at radius 1 is 1.22 bits per heavy atom. The molecule has 92 valence electrons. The van der Waals surface area contributed by atoms with Crippen LogP contribution in [0, 0.1) is 13.8 Å². The van der Waals surface area contributed by atoms with Gasteiger partial charge in [-0.1, -0.05) is 17.7 Å². The highest BCUT2D eigenvalue weighted by Crippen LogP contribution is 2.25. The zero-order valence-electron chi connectivity index (χ0n) is 10.0. The average molecular weight is 244 g/mol. The minimum atomic E-state index is -1.16. The van der Waals surface area contributed by atoms with E-state index in [-0.39, 0.29) is 11.6 Å². The third-order valence-corrected chi connectivity index (χ3v) is 2.40. The summed E-state index contributed by atoms with van der Waals surface area (Å²) in [7, 11) is 0. The molecule has 1 N–H and O–H groups in total. The smallest absolute Gasteiger partial charge is 0.360 e. The number of aryl methyl sites for hydroxylation is 2. The van der Waals surface area contributed by atoms with Gasteiger partial charge in [-0.2, -0.15) is 0 Å². The largest absolute Gasteiger partial charge is 0.476 e. The van der Waals surface area contributed by atoms with Gasteiger partial charge < -0.3 is 9.84 Å². The van der Waals surface area contributed by atoms with Gasteiger partial charge >= 0.3 is 5.97 Å². The van der Waals surface area contributed by atoms with Gasteiger partial charge in [0, 0.05) is 12.4 Å². The summed E-state index contributed by atoms with van der Waals surface area (Å²) < 4.78 is 5.50. The minimum Gasteiger partial charge on any atom is -0.476 e. The third kappa shape index (κ3) is 2.45. The predicted molar refractivity (Wildman–Crippen MR) is 65.0 cm³/mol. The molecule has 0 amide bonds. The maximum Gasteiger partial charge on any atom is 0.360 e. The second-order valence-corrected chi connectivity index (χ2v) is 3.89. The Morgan fingerprint density at radius 3 is 2.61 bits per heavy atom. The van der Waals surface area contributed by atoms with Gasteiger partial charge in [-0.3, -0.25) is 0 Å². The first-order valence-electron chi connectivity index (χ1n) is 5.37. The molecule has 1 heterocycles. The van der Waals surface area contributed by atoms with E-state index in [2.05, 4.69) is 9.97 Å². The number of hydrogen-bond acceptors (Lipinski definition) is 4. The Hall–Kier alpha value is -2.43. The van der Waals surface area contributed by atoms with Crippen LogP contribution in [0.4, 0.5) is 0 Å². The van der Waals surface area contributed by atoms with E-state index >= 15 is 0 Å². The zero-order chi connectivity index (χ0) is 13.1. The molecular formula is C13H12N2O3. The lowest BCUT2D eigenvalue weighted by molar-refractivity contribution is 0.0686. The molecule has 18 heavy (non-hydrogen) atoms. The number of nitrogens with zero attached hydrogens (tertiary/aromatic N) is 2. The van der Waals surface area contributed by atoms with E-state index in [1.165, 1.54) is 12.4 Å². The fourth-order valence-corrected chi connectivity index (χ4v) is 1.56. The normalized spacial score (nSPS) is 10.1. The van der Waals surface area contributed by atoms with Crippen molar-refractivity contribution in [2.45, 2.75) is 13.8 Å². The summed E-state index contributed by atoms with van der Waals surface area (Å²) in [5.41, 5.74) is 1.83. The van der Waals surface area contributed by atoms with Gasteiger partial charge in [0.15, 0.2) is 0 Å². The highest BCUT2D eigenvalue weighted by molar-refractivity contribution is 5.87. The van der Waals surface area contributed by atoms with Crippen molar-refractivity contribution in [2.24, 2.45) is 0 Å². The highest BCUT2D eigenvalue weighted by Gasteiger charge is 2.15. The van der Waals surface area contributed by atoms with Crippen LogP contribution in [0.2, 0.25) is 0 Å². The van der Waals surface area contributed by atoms with E-state index in [1.807, 2.05) is 26.0 Å². The number of carboxylic acids is 1. The van der Waals surface area contributed by atoms with Crippen molar-refractivity contribution in [3.63, 3.8) is 0 Å². The fourth-order valence-electron chi connectivity index (χ4n) is 1.56. The van der Waals surface area contributed by atoms with Crippen molar-refractivity contribution < 1.29 is 14.6 Å². The molecule has 5 nitrogen and oxygen atoms in total. The number of carbonyl (C=O) groups is 1. The molecule has 0 saturated carbocycles. The van der Waals surface area contributed by atoms with Crippen molar-refractivity contribution in [3.8, 4) is 11.6 Å².